The van der Waals surface area contributed by atoms with Crippen molar-refractivity contribution in [3.8, 4) is 0 Å². The van der Waals surface area contributed by atoms with Gasteiger partial charge in [0.1, 0.15) is 0 Å². The van der Waals surface area contributed by atoms with Gasteiger partial charge in [0, 0.05) is 12.6 Å². The van der Waals surface area contributed by atoms with E-state index in [1.807, 2.05) is 6.92 Å². The molecule has 0 aromatic rings. The van der Waals surface area contributed by atoms with Gasteiger partial charge in [-0.2, -0.15) is 0 Å². The molecule has 1 fully saturated rings. The first-order valence-electron chi connectivity index (χ1n) is 6.30. The van der Waals surface area contributed by atoms with Gasteiger partial charge >= 0.3 is 0 Å². The van der Waals surface area contributed by atoms with Crippen LogP contribution in [0.3, 0.4) is 0 Å². The average Bonchev–Trinajstić information content (AvgIpc) is 2.82. The Labute approximate surface area is 94.5 Å². The highest BCUT2D eigenvalue weighted by molar-refractivity contribution is 4.80. The van der Waals surface area contributed by atoms with Crippen LogP contribution in [0.2, 0.25) is 0 Å². The maximum absolute atomic E-state index is 9.38. The molecule has 2 N–H and O–H groups in total. The Balaban J connectivity index is 2.15. The van der Waals surface area contributed by atoms with Gasteiger partial charge in [-0.3, -0.25) is 0 Å². The topological polar surface area (TPSA) is 32.3 Å². The maximum atomic E-state index is 9.38. The minimum atomic E-state index is -0.194. The number of hydrogen-bond donors (Lipinski definition) is 2. The van der Waals surface area contributed by atoms with Crippen LogP contribution in [0.5, 0.6) is 0 Å². The second kappa shape index (κ2) is 5.31. The third-order valence-corrected chi connectivity index (χ3v) is 3.16. The number of nitrogens with one attached hydrogen (secondary N) is 1. The molecule has 0 heterocycles. The molecule has 1 rings (SSSR count). The zero-order chi connectivity index (χ0) is 11.5. The second-order valence-corrected chi connectivity index (χ2v) is 6.18. The lowest BCUT2D eigenvalue weighted by Gasteiger charge is -2.28. The first kappa shape index (κ1) is 13.0. The summed E-state index contributed by atoms with van der Waals surface area (Å²) in [5.41, 5.74) is 0.200. The average molecular weight is 213 g/mol. The van der Waals surface area contributed by atoms with Crippen LogP contribution in [-0.4, -0.2) is 23.8 Å². The van der Waals surface area contributed by atoms with Gasteiger partial charge in [-0.25, -0.2) is 0 Å². The van der Waals surface area contributed by atoms with Gasteiger partial charge in [0.05, 0.1) is 6.10 Å². The zero-order valence-electron chi connectivity index (χ0n) is 10.7. The van der Waals surface area contributed by atoms with Crippen molar-refractivity contribution in [1.82, 2.24) is 5.32 Å². The van der Waals surface area contributed by atoms with Gasteiger partial charge < -0.3 is 10.4 Å². The number of hydrogen-bond acceptors (Lipinski definition) is 2. The maximum Gasteiger partial charge on any atom is 0.0517 e. The van der Waals surface area contributed by atoms with Crippen LogP contribution in [-0.2, 0) is 0 Å². The van der Waals surface area contributed by atoms with Crippen molar-refractivity contribution in [2.24, 2.45) is 11.3 Å². The lowest BCUT2D eigenvalue weighted by molar-refractivity contribution is 0.126. The molecule has 2 nitrogen and oxygen atoms in total. The Morgan fingerprint density at radius 1 is 1.33 bits per heavy atom. The van der Waals surface area contributed by atoms with Gasteiger partial charge in [0.15, 0.2) is 0 Å². The van der Waals surface area contributed by atoms with E-state index in [0.29, 0.717) is 6.04 Å². The number of aliphatic hydroxyl groups is 1. The van der Waals surface area contributed by atoms with Crippen molar-refractivity contribution in [2.75, 3.05) is 6.54 Å². The van der Waals surface area contributed by atoms with E-state index < -0.39 is 0 Å². The summed E-state index contributed by atoms with van der Waals surface area (Å²) in [6.07, 6.45) is 4.87. The van der Waals surface area contributed by atoms with Crippen LogP contribution in [0.25, 0.3) is 0 Å². The van der Waals surface area contributed by atoms with Crippen LogP contribution in [0.1, 0.15) is 53.4 Å². The summed E-state index contributed by atoms with van der Waals surface area (Å²) in [6.45, 7) is 9.59. The summed E-state index contributed by atoms with van der Waals surface area (Å²) in [7, 11) is 0. The molecule has 0 aliphatic heterocycles. The van der Waals surface area contributed by atoms with E-state index in [1.54, 1.807) is 0 Å². The summed E-state index contributed by atoms with van der Waals surface area (Å²) < 4.78 is 0. The lowest BCUT2D eigenvalue weighted by atomic mass is 9.86. The van der Waals surface area contributed by atoms with Crippen LogP contribution < -0.4 is 5.32 Å². The Kier molecular flexibility index (Phi) is 4.60. The van der Waals surface area contributed by atoms with Crippen molar-refractivity contribution in [2.45, 2.75) is 65.5 Å². The molecule has 0 aromatic carbocycles. The monoisotopic (exact) mass is 213 g/mol. The van der Waals surface area contributed by atoms with E-state index in [4.69, 9.17) is 0 Å². The predicted molar refractivity (Wildman–Crippen MR) is 64.9 cm³/mol. The van der Waals surface area contributed by atoms with Crippen molar-refractivity contribution < 1.29 is 5.11 Å². The SMILES string of the molecule is CC(O)CC(C)(C)CNC(C)CC1CC1. The van der Waals surface area contributed by atoms with E-state index in [-0.39, 0.29) is 11.5 Å². The first-order chi connectivity index (χ1) is 6.89. The van der Waals surface area contributed by atoms with Crippen LogP contribution in [0.15, 0.2) is 0 Å². The van der Waals surface area contributed by atoms with Crippen molar-refractivity contribution in [3.63, 3.8) is 0 Å². The molecule has 2 unspecified atom stereocenters. The molecule has 0 radical (unpaired) electrons. The fraction of sp³-hybridized carbons (Fsp3) is 1.00. The van der Waals surface area contributed by atoms with Crippen LogP contribution in [0, 0.1) is 11.3 Å². The van der Waals surface area contributed by atoms with Crippen LogP contribution >= 0.6 is 0 Å². The minimum Gasteiger partial charge on any atom is -0.393 e. The third kappa shape index (κ3) is 6.16. The molecule has 1 aliphatic carbocycles. The number of aliphatic hydroxyl groups excluding tert-OH is 1. The van der Waals surface area contributed by atoms with E-state index in [1.165, 1.54) is 19.3 Å². The normalized spacial score (nSPS) is 21.4. The van der Waals surface area contributed by atoms with Crippen LogP contribution in [0.4, 0.5) is 0 Å². The molecule has 90 valence electrons. The van der Waals surface area contributed by atoms with Gasteiger partial charge in [-0.05, 0) is 38.0 Å². The minimum absolute atomic E-state index is 0.194. The highest BCUT2D eigenvalue weighted by atomic mass is 16.3. The zero-order valence-corrected chi connectivity index (χ0v) is 10.7. The third-order valence-electron chi connectivity index (χ3n) is 3.16. The van der Waals surface area contributed by atoms with Crippen molar-refractivity contribution >= 4 is 0 Å². The Bertz CT molecular complexity index is 185. The number of rotatable bonds is 7. The van der Waals surface area contributed by atoms with E-state index in [9.17, 15) is 5.11 Å². The molecule has 0 bridgehead atoms. The molecule has 0 aromatic heterocycles. The van der Waals surface area contributed by atoms with Gasteiger partial charge in [0.2, 0.25) is 0 Å². The van der Waals surface area contributed by atoms with Crippen molar-refractivity contribution in [1.29, 1.82) is 0 Å². The summed E-state index contributed by atoms with van der Waals surface area (Å²) in [6, 6.07) is 0.630. The summed E-state index contributed by atoms with van der Waals surface area (Å²) >= 11 is 0. The predicted octanol–water partition coefficient (Wildman–Crippen LogP) is 2.56. The summed E-state index contributed by atoms with van der Waals surface area (Å²) in [5.74, 6) is 0.993. The molecule has 15 heavy (non-hydrogen) atoms. The fourth-order valence-electron chi connectivity index (χ4n) is 2.26. The molecule has 0 spiro atoms. The fourth-order valence-corrected chi connectivity index (χ4v) is 2.26. The molecule has 2 heteroatoms. The molecular formula is C13H27NO. The quantitative estimate of drug-likeness (QED) is 0.681. The smallest absolute Gasteiger partial charge is 0.0517 e. The Hall–Kier alpha value is -0.0800. The Morgan fingerprint density at radius 3 is 2.40 bits per heavy atom. The Morgan fingerprint density at radius 2 is 1.93 bits per heavy atom. The molecule has 1 saturated carbocycles. The molecule has 1 aliphatic rings. The van der Waals surface area contributed by atoms with E-state index in [0.717, 1.165) is 18.9 Å². The largest absolute Gasteiger partial charge is 0.393 e. The highest BCUT2D eigenvalue weighted by Crippen LogP contribution is 2.33. The van der Waals surface area contributed by atoms with E-state index in [2.05, 4.69) is 26.1 Å². The highest BCUT2D eigenvalue weighted by Gasteiger charge is 2.25. The molecule has 2 atom stereocenters. The standard InChI is InChI=1S/C13H27NO/c1-10(7-12-5-6-12)14-9-13(3,4)8-11(2)15/h10-12,14-15H,5-9H2,1-4H3. The second-order valence-electron chi connectivity index (χ2n) is 6.18. The van der Waals surface area contributed by atoms with E-state index >= 15 is 0 Å². The first-order valence-corrected chi connectivity index (χ1v) is 6.30. The molecule has 0 amide bonds. The summed E-state index contributed by atoms with van der Waals surface area (Å²) in [5, 5.41) is 13.0. The lowest BCUT2D eigenvalue weighted by Crippen LogP contribution is -2.37. The molecule has 0 saturated heterocycles. The van der Waals surface area contributed by atoms with Gasteiger partial charge in [0.25, 0.3) is 0 Å². The summed E-state index contributed by atoms with van der Waals surface area (Å²) in [4.78, 5) is 0. The van der Waals surface area contributed by atoms with Gasteiger partial charge in [-0.1, -0.05) is 26.7 Å². The van der Waals surface area contributed by atoms with Crippen molar-refractivity contribution in [3.05, 3.63) is 0 Å². The molecular weight excluding hydrogens is 186 g/mol. The van der Waals surface area contributed by atoms with Gasteiger partial charge in [-0.15, -0.1) is 0 Å².